The van der Waals surface area contributed by atoms with Crippen molar-refractivity contribution in [3.05, 3.63) is 72.8 Å². The summed E-state index contributed by atoms with van der Waals surface area (Å²) in [5.41, 5.74) is 3.52. The number of thiophene rings is 1. The van der Waals surface area contributed by atoms with Crippen molar-refractivity contribution in [2.24, 2.45) is 0 Å². The van der Waals surface area contributed by atoms with Crippen LogP contribution in [0.2, 0.25) is 0 Å². The Bertz CT molecular complexity index is 1480. The van der Waals surface area contributed by atoms with Crippen LogP contribution in [0.4, 0.5) is 0 Å². The van der Waals surface area contributed by atoms with Gasteiger partial charge in [0.05, 0.1) is 11.0 Å². The van der Waals surface area contributed by atoms with Gasteiger partial charge in [0, 0.05) is 30.9 Å². The molecular weight excluding hydrogens is 352 g/mol. The van der Waals surface area contributed by atoms with Gasteiger partial charge in [0.25, 0.3) is 0 Å². The quantitative estimate of drug-likeness (QED) is 0.378. The summed E-state index contributed by atoms with van der Waals surface area (Å²) >= 11 is 1.83. The lowest BCUT2D eigenvalue weighted by Crippen LogP contribution is -2.00. The van der Waals surface area contributed by atoms with Gasteiger partial charge in [-0.25, -0.2) is 15.0 Å². The smallest absolute Gasteiger partial charge is 0.237 e. The van der Waals surface area contributed by atoms with Crippen molar-refractivity contribution in [2.45, 2.75) is 6.92 Å². The fourth-order valence-electron chi connectivity index (χ4n) is 3.92. The third kappa shape index (κ3) is 2.06. The summed E-state index contributed by atoms with van der Waals surface area (Å²) in [4.78, 5) is 12.8. The number of para-hydroxylation sites is 1. The van der Waals surface area contributed by atoms with Gasteiger partial charge >= 0.3 is 0 Å². The van der Waals surface area contributed by atoms with Crippen LogP contribution in [0.5, 0.6) is 0 Å². The van der Waals surface area contributed by atoms with Crippen LogP contribution in [0, 0.1) is 6.92 Å². The molecule has 0 saturated carbocycles. The van der Waals surface area contributed by atoms with Gasteiger partial charge < -0.3 is 0 Å². The molecule has 0 radical (unpaired) electrons. The minimum atomic E-state index is 0.646. The second-order valence-electron chi connectivity index (χ2n) is 6.76. The van der Waals surface area contributed by atoms with E-state index < -0.39 is 0 Å². The maximum absolute atomic E-state index is 4.40. The van der Waals surface area contributed by atoms with Crippen LogP contribution < -0.4 is 0 Å². The van der Waals surface area contributed by atoms with Crippen LogP contribution in [0.1, 0.15) is 5.56 Å². The molecule has 6 aromatic rings. The molecule has 0 aliphatic heterocycles. The molecular formula is C22H14N4S. The highest BCUT2D eigenvalue weighted by Gasteiger charge is 2.16. The minimum absolute atomic E-state index is 0.646. The standard InChI is InChI=1S/C22H14N4S/c1-13-6-7-20-16(8-13)17-9-15-14-4-2-3-5-18(14)26(19(15)10-21(17)27-20)22-24-11-23-12-25-22/h2-12H,1H3. The predicted molar refractivity (Wildman–Crippen MR) is 112 cm³/mol. The first kappa shape index (κ1) is 14.8. The van der Waals surface area contributed by atoms with Gasteiger partial charge in [-0.3, -0.25) is 4.57 Å². The molecule has 0 bridgehead atoms. The molecule has 3 heterocycles. The van der Waals surface area contributed by atoms with Gasteiger partial charge in [-0.15, -0.1) is 11.3 Å². The number of aryl methyl sites for hydroxylation is 1. The van der Waals surface area contributed by atoms with Gasteiger partial charge in [-0.05, 0) is 37.3 Å². The molecule has 0 spiro atoms. The van der Waals surface area contributed by atoms with Crippen LogP contribution in [-0.4, -0.2) is 19.5 Å². The summed E-state index contributed by atoms with van der Waals surface area (Å²) in [6.45, 7) is 2.15. The van der Waals surface area contributed by atoms with Gasteiger partial charge in [0.2, 0.25) is 5.95 Å². The summed E-state index contributed by atoms with van der Waals surface area (Å²) in [7, 11) is 0. The Morgan fingerprint density at radius 3 is 2.44 bits per heavy atom. The fourth-order valence-corrected chi connectivity index (χ4v) is 5.02. The van der Waals surface area contributed by atoms with E-state index in [2.05, 4.69) is 81.0 Å². The first-order valence-electron chi connectivity index (χ1n) is 8.78. The van der Waals surface area contributed by atoms with Crippen molar-refractivity contribution in [1.82, 2.24) is 19.5 Å². The van der Waals surface area contributed by atoms with E-state index in [0.717, 1.165) is 11.0 Å². The highest BCUT2D eigenvalue weighted by atomic mass is 32.1. The van der Waals surface area contributed by atoms with Crippen molar-refractivity contribution in [1.29, 1.82) is 0 Å². The van der Waals surface area contributed by atoms with Crippen LogP contribution >= 0.6 is 11.3 Å². The molecule has 3 aromatic carbocycles. The van der Waals surface area contributed by atoms with Crippen LogP contribution in [-0.2, 0) is 0 Å². The van der Waals surface area contributed by atoms with Crippen molar-refractivity contribution >= 4 is 53.3 Å². The summed E-state index contributed by atoms with van der Waals surface area (Å²) in [5, 5.41) is 5.07. The molecule has 4 nitrogen and oxygen atoms in total. The van der Waals surface area contributed by atoms with Gasteiger partial charge in [-0.2, -0.15) is 0 Å². The molecule has 5 heteroatoms. The van der Waals surface area contributed by atoms with E-state index in [1.165, 1.54) is 36.5 Å². The molecule has 0 atom stereocenters. The number of hydrogen-bond acceptors (Lipinski definition) is 4. The second-order valence-corrected chi connectivity index (χ2v) is 7.84. The molecule has 6 rings (SSSR count). The lowest BCUT2D eigenvalue weighted by atomic mass is 10.1. The van der Waals surface area contributed by atoms with Crippen molar-refractivity contribution in [3.63, 3.8) is 0 Å². The summed E-state index contributed by atoms with van der Waals surface area (Å²) < 4.78 is 4.72. The third-order valence-corrected chi connectivity index (χ3v) is 6.23. The van der Waals surface area contributed by atoms with Crippen molar-refractivity contribution in [2.75, 3.05) is 0 Å². The third-order valence-electron chi connectivity index (χ3n) is 5.10. The van der Waals surface area contributed by atoms with Crippen LogP contribution in [0.25, 0.3) is 47.9 Å². The Morgan fingerprint density at radius 2 is 1.56 bits per heavy atom. The number of nitrogens with zero attached hydrogens (tertiary/aromatic N) is 4. The summed E-state index contributed by atoms with van der Waals surface area (Å²) in [5.74, 6) is 0.646. The molecule has 0 aliphatic rings. The highest BCUT2D eigenvalue weighted by Crippen LogP contribution is 2.40. The van der Waals surface area contributed by atoms with Crippen molar-refractivity contribution in [3.8, 4) is 5.95 Å². The summed E-state index contributed by atoms with van der Waals surface area (Å²) in [6, 6.07) is 19.7. The van der Waals surface area contributed by atoms with E-state index in [1.807, 2.05) is 11.3 Å². The SMILES string of the molecule is Cc1ccc2sc3cc4c(cc3c2c1)c1ccccc1n4-c1ncncn1. The number of fused-ring (bicyclic) bond motifs is 6. The van der Waals surface area contributed by atoms with Crippen LogP contribution in [0.3, 0.4) is 0 Å². The van der Waals surface area contributed by atoms with E-state index in [1.54, 1.807) is 12.7 Å². The van der Waals surface area contributed by atoms with Gasteiger partial charge in [-0.1, -0.05) is 29.8 Å². The Kier molecular flexibility index (Phi) is 2.93. The number of benzene rings is 3. The number of rotatable bonds is 1. The molecule has 27 heavy (non-hydrogen) atoms. The Balaban J connectivity index is 1.83. The summed E-state index contributed by atoms with van der Waals surface area (Å²) in [6.07, 6.45) is 3.09. The molecule has 128 valence electrons. The van der Waals surface area contributed by atoms with Crippen LogP contribution in [0.15, 0.2) is 67.3 Å². The molecule has 0 N–H and O–H groups in total. The highest BCUT2D eigenvalue weighted by molar-refractivity contribution is 7.25. The molecule has 0 unspecified atom stereocenters. The number of aromatic nitrogens is 4. The zero-order chi connectivity index (χ0) is 18.0. The van der Waals surface area contributed by atoms with Gasteiger partial charge in [0.1, 0.15) is 12.7 Å². The van der Waals surface area contributed by atoms with E-state index in [0.29, 0.717) is 5.95 Å². The van der Waals surface area contributed by atoms with E-state index in [9.17, 15) is 0 Å². The minimum Gasteiger partial charge on any atom is -0.278 e. The average Bonchev–Trinajstić information content (AvgIpc) is 3.21. The lowest BCUT2D eigenvalue weighted by Gasteiger charge is -2.04. The first-order chi connectivity index (χ1) is 13.3. The monoisotopic (exact) mass is 366 g/mol. The zero-order valence-electron chi connectivity index (χ0n) is 14.5. The maximum atomic E-state index is 4.40. The maximum Gasteiger partial charge on any atom is 0.237 e. The molecule has 0 amide bonds. The molecule has 0 aliphatic carbocycles. The largest absolute Gasteiger partial charge is 0.278 e. The predicted octanol–water partition coefficient (Wildman–Crippen LogP) is 5.65. The van der Waals surface area contributed by atoms with Crippen molar-refractivity contribution < 1.29 is 0 Å². The molecule has 0 saturated heterocycles. The van der Waals surface area contributed by atoms with E-state index in [4.69, 9.17) is 0 Å². The fraction of sp³-hybridized carbons (Fsp3) is 0.0455. The normalized spacial score (nSPS) is 11.9. The Morgan fingerprint density at radius 1 is 0.741 bits per heavy atom. The molecule has 0 fully saturated rings. The van der Waals surface area contributed by atoms with E-state index >= 15 is 0 Å². The Hall–Kier alpha value is -3.31. The lowest BCUT2D eigenvalue weighted by molar-refractivity contribution is 0.940. The Labute approximate surface area is 158 Å². The molecule has 3 aromatic heterocycles. The average molecular weight is 366 g/mol. The first-order valence-corrected chi connectivity index (χ1v) is 9.60. The zero-order valence-corrected chi connectivity index (χ0v) is 15.4. The number of hydrogen-bond donors (Lipinski definition) is 0. The topological polar surface area (TPSA) is 43.6 Å². The second kappa shape index (κ2) is 5.34. The van der Waals surface area contributed by atoms with E-state index in [-0.39, 0.29) is 0 Å². The van der Waals surface area contributed by atoms with Gasteiger partial charge in [0.15, 0.2) is 0 Å².